The molecule has 0 aromatic carbocycles. The molecule has 0 radical (unpaired) electrons. The molecule has 0 spiro atoms. The molecule has 0 saturated carbocycles. The third kappa shape index (κ3) is 7.21. The van der Waals surface area contributed by atoms with Gasteiger partial charge in [0.15, 0.2) is 5.78 Å². The van der Waals surface area contributed by atoms with Crippen LogP contribution in [0.25, 0.3) is 0 Å². The lowest BCUT2D eigenvalue weighted by Crippen LogP contribution is -2.06. The van der Waals surface area contributed by atoms with Crippen molar-refractivity contribution in [2.45, 2.75) is 26.7 Å². The molecule has 0 saturated heterocycles. The van der Waals surface area contributed by atoms with E-state index in [1.165, 1.54) is 19.4 Å². The summed E-state index contributed by atoms with van der Waals surface area (Å²) in [4.78, 5) is 10.3. The van der Waals surface area contributed by atoms with Crippen molar-refractivity contribution in [2.75, 3.05) is 6.54 Å². The van der Waals surface area contributed by atoms with E-state index in [2.05, 4.69) is 12.2 Å². The zero-order valence-electron chi connectivity index (χ0n) is 6.68. The zero-order chi connectivity index (χ0) is 7.82. The molecule has 58 valence electrons. The Bertz CT molecular complexity index is 118. The highest BCUT2D eigenvalue weighted by Gasteiger charge is 1.80. The van der Waals surface area contributed by atoms with Crippen LogP contribution in [0.5, 0.6) is 0 Å². The van der Waals surface area contributed by atoms with E-state index in [9.17, 15) is 4.79 Å². The highest BCUT2D eigenvalue weighted by molar-refractivity contribution is 5.87. The number of hydrogen-bond acceptors (Lipinski definition) is 2. The lowest BCUT2D eigenvalue weighted by molar-refractivity contribution is -0.112. The molecule has 2 heteroatoms. The molecule has 0 rings (SSSR count). The predicted octanol–water partition coefficient (Wildman–Crippen LogP) is 1.48. The van der Waals surface area contributed by atoms with E-state index in [0.717, 1.165) is 13.0 Å². The van der Waals surface area contributed by atoms with E-state index in [4.69, 9.17) is 0 Å². The van der Waals surface area contributed by atoms with Gasteiger partial charge in [-0.2, -0.15) is 0 Å². The lowest BCUT2D eigenvalue weighted by atomic mass is 10.3. The van der Waals surface area contributed by atoms with Gasteiger partial charge >= 0.3 is 0 Å². The molecule has 0 aliphatic rings. The number of allylic oxidation sites excluding steroid dienone is 1. The van der Waals surface area contributed by atoms with Crippen LogP contribution >= 0.6 is 0 Å². The quantitative estimate of drug-likeness (QED) is 0.464. The summed E-state index contributed by atoms with van der Waals surface area (Å²) in [5.74, 6) is 0.0870. The van der Waals surface area contributed by atoms with Crippen LogP contribution in [0.4, 0.5) is 0 Å². The number of carbonyl (C=O) groups excluding carboxylic acids is 1. The molecule has 0 atom stereocenters. The van der Waals surface area contributed by atoms with Gasteiger partial charge in [0.25, 0.3) is 0 Å². The molecule has 0 aromatic heterocycles. The second kappa shape index (κ2) is 6.33. The molecule has 0 fully saturated rings. The number of ketones is 1. The van der Waals surface area contributed by atoms with Crippen LogP contribution in [0.3, 0.4) is 0 Å². The van der Waals surface area contributed by atoms with E-state index >= 15 is 0 Å². The number of carbonyl (C=O) groups is 1. The average molecular weight is 141 g/mol. The second-order valence-electron chi connectivity index (χ2n) is 2.25. The van der Waals surface area contributed by atoms with E-state index in [0.29, 0.717) is 0 Å². The van der Waals surface area contributed by atoms with Crippen molar-refractivity contribution in [1.82, 2.24) is 5.32 Å². The molecule has 10 heavy (non-hydrogen) atoms. The Kier molecular flexibility index (Phi) is 5.83. The first kappa shape index (κ1) is 9.21. The van der Waals surface area contributed by atoms with Crippen LogP contribution in [-0.4, -0.2) is 12.3 Å². The minimum absolute atomic E-state index is 0.0870. The van der Waals surface area contributed by atoms with Gasteiger partial charge in [0.05, 0.1) is 0 Å². The second-order valence-corrected chi connectivity index (χ2v) is 2.25. The number of hydrogen-bond donors (Lipinski definition) is 1. The number of rotatable bonds is 5. The third-order valence-corrected chi connectivity index (χ3v) is 1.11. The molecule has 0 heterocycles. The van der Waals surface area contributed by atoms with Crippen LogP contribution in [0.2, 0.25) is 0 Å². The van der Waals surface area contributed by atoms with Gasteiger partial charge in [-0.1, -0.05) is 13.3 Å². The standard InChI is InChI=1S/C8H15NO/c1-3-4-6-9-7-5-8(2)10/h5,7,9H,3-4,6H2,1-2H3/b7-5-. The predicted molar refractivity (Wildman–Crippen MR) is 42.7 cm³/mol. The Balaban J connectivity index is 3.10. The summed E-state index contributed by atoms with van der Waals surface area (Å²) in [6.45, 7) is 4.63. The fourth-order valence-corrected chi connectivity index (χ4v) is 0.538. The van der Waals surface area contributed by atoms with Crippen molar-refractivity contribution in [3.05, 3.63) is 12.3 Å². The third-order valence-electron chi connectivity index (χ3n) is 1.11. The smallest absolute Gasteiger partial charge is 0.154 e. The van der Waals surface area contributed by atoms with E-state index in [1.54, 1.807) is 6.20 Å². The highest BCUT2D eigenvalue weighted by atomic mass is 16.1. The summed E-state index contributed by atoms with van der Waals surface area (Å²) in [6.07, 6.45) is 5.58. The maximum absolute atomic E-state index is 10.3. The van der Waals surface area contributed by atoms with Crippen LogP contribution in [0.15, 0.2) is 12.3 Å². The molecular formula is C8H15NO. The normalized spacial score (nSPS) is 10.2. The summed E-state index contributed by atoms with van der Waals surface area (Å²) in [5.41, 5.74) is 0. The van der Waals surface area contributed by atoms with Crippen LogP contribution in [0, 0.1) is 0 Å². The van der Waals surface area contributed by atoms with Gasteiger partial charge in [0, 0.05) is 6.54 Å². The minimum Gasteiger partial charge on any atom is -0.391 e. The molecule has 1 N–H and O–H groups in total. The molecular weight excluding hydrogens is 126 g/mol. The SMILES string of the molecule is CCCCN/C=C\C(C)=O. The fourth-order valence-electron chi connectivity index (χ4n) is 0.538. The zero-order valence-corrected chi connectivity index (χ0v) is 6.68. The van der Waals surface area contributed by atoms with Crippen molar-refractivity contribution in [3.8, 4) is 0 Å². The summed E-state index contributed by atoms with van der Waals surface area (Å²) >= 11 is 0. The first-order chi connectivity index (χ1) is 4.77. The van der Waals surface area contributed by atoms with Gasteiger partial charge in [-0.05, 0) is 25.6 Å². The van der Waals surface area contributed by atoms with Crippen LogP contribution in [-0.2, 0) is 4.79 Å². The van der Waals surface area contributed by atoms with E-state index < -0.39 is 0 Å². The lowest BCUT2D eigenvalue weighted by Gasteiger charge is -1.95. The number of nitrogens with one attached hydrogen (secondary N) is 1. The molecule has 2 nitrogen and oxygen atoms in total. The van der Waals surface area contributed by atoms with Gasteiger partial charge in [0.2, 0.25) is 0 Å². The molecule has 0 aliphatic heterocycles. The Labute approximate surface area is 62.3 Å². The Hall–Kier alpha value is -0.790. The number of unbranched alkanes of at least 4 members (excludes halogenated alkanes) is 1. The maximum Gasteiger partial charge on any atom is 0.154 e. The largest absolute Gasteiger partial charge is 0.391 e. The van der Waals surface area contributed by atoms with Gasteiger partial charge in [-0.25, -0.2) is 0 Å². The van der Waals surface area contributed by atoms with Crippen molar-refractivity contribution < 1.29 is 4.79 Å². The van der Waals surface area contributed by atoms with Gasteiger partial charge < -0.3 is 5.32 Å². The topological polar surface area (TPSA) is 29.1 Å². The summed E-state index contributed by atoms with van der Waals surface area (Å²) in [7, 11) is 0. The van der Waals surface area contributed by atoms with Crippen molar-refractivity contribution in [2.24, 2.45) is 0 Å². The van der Waals surface area contributed by atoms with Gasteiger partial charge in [-0.15, -0.1) is 0 Å². The summed E-state index contributed by atoms with van der Waals surface area (Å²) in [5, 5.41) is 3.02. The monoisotopic (exact) mass is 141 g/mol. The maximum atomic E-state index is 10.3. The summed E-state index contributed by atoms with van der Waals surface area (Å²) < 4.78 is 0. The molecule has 0 unspecified atom stereocenters. The van der Waals surface area contributed by atoms with Gasteiger partial charge in [0.1, 0.15) is 0 Å². The Morgan fingerprint density at radius 3 is 2.80 bits per heavy atom. The highest BCUT2D eigenvalue weighted by Crippen LogP contribution is 1.81. The average Bonchev–Trinajstić information content (AvgIpc) is 1.87. The molecule has 0 aromatic rings. The molecule has 0 amide bonds. The Morgan fingerprint density at radius 2 is 2.30 bits per heavy atom. The molecule has 0 aliphatic carbocycles. The summed E-state index contributed by atoms with van der Waals surface area (Å²) in [6, 6.07) is 0. The van der Waals surface area contributed by atoms with Crippen molar-refractivity contribution in [3.63, 3.8) is 0 Å². The van der Waals surface area contributed by atoms with Crippen LogP contribution in [0.1, 0.15) is 26.7 Å². The Morgan fingerprint density at radius 1 is 1.60 bits per heavy atom. The fraction of sp³-hybridized carbons (Fsp3) is 0.625. The van der Waals surface area contributed by atoms with Crippen molar-refractivity contribution in [1.29, 1.82) is 0 Å². The van der Waals surface area contributed by atoms with E-state index in [1.807, 2.05) is 0 Å². The van der Waals surface area contributed by atoms with Crippen molar-refractivity contribution >= 4 is 5.78 Å². The van der Waals surface area contributed by atoms with Gasteiger partial charge in [-0.3, -0.25) is 4.79 Å². The first-order valence-corrected chi connectivity index (χ1v) is 3.68. The minimum atomic E-state index is 0.0870. The van der Waals surface area contributed by atoms with E-state index in [-0.39, 0.29) is 5.78 Å². The van der Waals surface area contributed by atoms with Crippen LogP contribution < -0.4 is 5.32 Å². The molecule has 0 bridgehead atoms. The first-order valence-electron chi connectivity index (χ1n) is 3.68.